The van der Waals surface area contributed by atoms with Gasteiger partial charge in [-0.05, 0) is 18.6 Å². The molecule has 1 aliphatic rings. The molecule has 0 N–H and O–H groups in total. The Morgan fingerprint density at radius 1 is 1.50 bits per heavy atom. The number of furan rings is 1. The van der Waals surface area contributed by atoms with E-state index >= 15 is 0 Å². The van der Waals surface area contributed by atoms with E-state index in [1.54, 1.807) is 12.1 Å². The van der Waals surface area contributed by atoms with E-state index in [1.165, 1.54) is 29.8 Å². The van der Waals surface area contributed by atoms with Crippen LogP contribution in [0.4, 0.5) is 4.79 Å². The van der Waals surface area contributed by atoms with Crippen molar-refractivity contribution in [2.45, 2.75) is 17.4 Å². The molecule has 0 saturated carbocycles. The molecule has 2 heterocycles. The number of rotatable bonds is 4. The summed E-state index contributed by atoms with van der Waals surface area (Å²) < 4.78 is 5.39. The van der Waals surface area contributed by atoms with Crippen LogP contribution in [0.25, 0.3) is 0 Å². The smallest absolute Gasteiger partial charge is 0.248 e. The van der Waals surface area contributed by atoms with Crippen molar-refractivity contribution in [1.82, 2.24) is 0 Å². The topological polar surface area (TPSA) is 47.3 Å². The maximum absolute atomic E-state index is 11.4. The Morgan fingerprint density at radius 3 is 2.86 bits per heavy atom. The van der Waals surface area contributed by atoms with Gasteiger partial charge in [-0.1, -0.05) is 23.5 Å². The monoisotopic (exact) mass is 228 g/mol. The SMILES string of the molecule is O=C1SC(CCC(=O)c2ccco2)S1. The van der Waals surface area contributed by atoms with Crippen LogP contribution in [0.3, 0.4) is 0 Å². The summed E-state index contributed by atoms with van der Waals surface area (Å²) in [6, 6.07) is 3.36. The lowest BCUT2D eigenvalue weighted by atomic mass is 10.2. The normalized spacial score (nSPS) is 16.7. The van der Waals surface area contributed by atoms with Gasteiger partial charge in [0.25, 0.3) is 0 Å². The fraction of sp³-hybridized carbons (Fsp3) is 0.333. The third-order valence-electron chi connectivity index (χ3n) is 1.86. The molecule has 74 valence electrons. The van der Waals surface area contributed by atoms with Crippen molar-refractivity contribution in [1.29, 1.82) is 0 Å². The summed E-state index contributed by atoms with van der Waals surface area (Å²) in [4.78, 5) is 22.0. The molecule has 2 rings (SSSR count). The highest BCUT2D eigenvalue weighted by molar-refractivity contribution is 8.53. The van der Waals surface area contributed by atoms with Crippen molar-refractivity contribution < 1.29 is 14.0 Å². The summed E-state index contributed by atoms with van der Waals surface area (Å²) in [6.45, 7) is 0. The second kappa shape index (κ2) is 4.23. The van der Waals surface area contributed by atoms with E-state index < -0.39 is 0 Å². The molecule has 3 nitrogen and oxygen atoms in total. The molecule has 14 heavy (non-hydrogen) atoms. The molecule has 0 spiro atoms. The maximum Gasteiger partial charge on any atom is 0.248 e. The van der Waals surface area contributed by atoms with Gasteiger partial charge >= 0.3 is 0 Å². The molecule has 0 aliphatic carbocycles. The van der Waals surface area contributed by atoms with Gasteiger partial charge in [-0.3, -0.25) is 9.59 Å². The molecule has 0 amide bonds. The third-order valence-corrected chi connectivity index (χ3v) is 4.40. The molecule has 1 fully saturated rings. The van der Waals surface area contributed by atoms with Gasteiger partial charge in [0.15, 0.2) is 11.5 Å². The van der Waals surface area contributed by atoms with Gasteiger partial charge in [0.05, 0.1) is 10.8 Å². The number of Topliss-reactive ketones (excluding diaryl/α,β-unsaturated/α-hetero) is 1. The summed E-state index contributed by atoms with van der Waals surface area (Å²) in [7, 11) is 0. The number of carbonyl (C=O) groups excluding carboxylic acids is 2. The molecule has 1 aromatic rings. The van der Waals surface area contributed by atoms with Gasteiger partial charge in [0.1, 0.15) is 0 Å². The molecule has 0 bridgehead atoms. The van der Waals surface area contributed by atoms with Crippen molar-refractivity contribution in [2.75, 3.05) is 0 Å². The first-order valence-corrected chi connectivity index (χ1v) is 5.95. The average molecular weight is 228 g/mol. The van der Waals surface area contributed by atoms with E-state index in [0.717, 1.165) is 6.42 Å². The van der Waals surface area contributed by atoms with Crippen LogP contribution in [-0.2, 0) is 0 Å². The Balaban J connectivity index is 1.76. The van der Waals surface area contributed by atoms with Gasteiger partial charge in [0.2, 0.25) is 4.45 Å². The zero-order valence-corrected chi connectivity index (χ0v) is 8.90. The second-order valence-corrected chi connectivity index (χ2v) is 5.76. The minimum Gasteiger partial charge on any atom is -0.461 e. The van der Waals surface area contributed by atoms with Crippen LogP contribution in [0.5, 0.6) is 0 Å². The van der Waals surface area contributed by atoms with E-state index in [0.29, 0.717) is 12.2 Å². The molecule has 0 atom stereocenters. The minimum absolute atomic E-state index is 0.00977. The van der Waals surface area contributed by atoms with E-state index in [1.807, 2.05) is 0 Å². The van der Waals surface area contributed by atoms with Crippen LogP contribution < -0.4 is 0 Å². The minimum atomic E-state index is 0.00977. The first kappa shape index (κ1) is 9.86. The molecule has 1 aliphatic heterocycles. The Morgan fingerprint density at radius 2 is 2.29 bits per heavy atom. The molecule has 1 saturated heterocycles. The second-order valence-electron chi connectivity index (χ2n) is 2.85. The zero-order chi connectivity index (χ0) is 9.97. The molecule has 5 heteroatoms. The number of ketones is 1. The molecule has 0 aromatic carbocycles. The highest BCUT2D eigenvalue weighted by atomic mass is 32.3. The Bertz CT molecular complexity index is 337. The highest BCUT2D eigenvalue weighted by Gasteiger charge is 2.29. The van der Waals surface area contributed by atoms with Crippen molar-refractivity contribution in [3.8, 4) is 0 Å². The predicted molar refractivity (Wildman–Crippen MR) is 56.6 cm³/mol. The van der Waals surface area contributed by atoms with Crippen LogP contribution in [0.2, 0.25) is 0 Å². The van der Waals surface area contributed by atoms with E-state index in [-0.39, 0.29) is 14.8 Å². The van der Waals surface area contributed by atoms with Gasteiger partial charge in [-0.2, -0.15) is 0 Å². The van der Waals surface area contributed by atoms with E-state index in [9.17, 15) is 9.59 Å². The van der Waals surface area contributed by atoms with Crippen LogP contribution in [0.1, 0.15) is 23.4 Å². The quantitative estimate of drug-likeness (QED) is 0.741. The van der Waals surface area contributed by atoms with E-state index in [2.05, 4.69) is 0 Å². The standard InChI is InChI=1S/C9H8O3S2/c10-6(7-2-1-5-12-7)3-4-8-13-9(11)14-8/h1-2,5,8H,3-4H2. The van der Waals surface area contributed by atoms with Crippen molar-refractivity contribution in [3.63, 3.8) is 0 Å². The van der Waals surface area contributed by atoms with Crippen molar-refractivity contribution in [2.24, 2.45) is 0 Å². The van der Waals surface area contributed by atoms with Crippen LogP contribution in [-0.4, -0.2) is 14.8 Å². The fourth-order valence-corrected chi connectivity index (χ4v) is 3.00. The molecule has 0 unspecified atom stereocenters. The summed E-state index contributed by atoms with van der Waals surface area (Å²) in [5.41, 5.74) is 0. The Kier molecular flexibility index (Phi) is 2.98. The van der Waals surface area contributed by atoms with Crippen LogP contribution in [0.15, 0.2) is 22.8 Å². The number of hydrogen-bond donors (Lipinski definition) is 0. The average Bonchev–Trinajstić information content (AvgIpc) is 2.62. The van der Waals surface area contributed by atoms with Gasteiger partial charge in [-0.15, -0.1) is 0 Å². The lowest BCUT2D eigenvalue weighted by molar-refractivity contribution is 0.0954. The van der Waals surface area contributed by atoms with Gasteiger partial charge < -0.3 is 4.42 Å². The third kappa shape index (κ3) is 2.22. The number of thioether (sulfide) groups is 2. The van der Waals surface area contributed by atoms with Gasteiger partial charge in [0, 0.05) is 6.42 Å². The fourth-order valence-electron chi connectivity index (χ4n) is 1.15. The van der Waals surface area contributed by atoms with Crippen molar-refractivity contribution >= 4 is 33.8 Å². The summed E-state index contributed by atoms with van der Waals surface area (Å²) in [6.07, 6.45) is 2.68. The number of hydrogen-bond acceptors (Lipinski definition) is 5. The Hall–Kier alpha value is -0.680. The number of carbonyl (C=O) groups is 2. The summed E-state index contributed by atoms with van der Waals surface area (Å²) in [5, 5.41) is 0. The molecular weight excluding hydrogens is 220 g/mol. The highest BCUT2D eigenvalue weighted by Crippen LogP contribution is 2.44. The predicted octanol–water partition coefficient (Wildman–Crippen LogP) is 3.17. The molecule has 0 radical (unpaired) electrons. The molecule has 1 aromatic heterocycles. The van der Waals surface area contributed by atoms with Gasteiger partial charge in [-0.25, -0.2) is 0 Å². The van der Waals surface area contributed by atoms with Crippen molar-refractivity contribution in [3.05, 3.63) is 24.2 Å². The maximum atomic E-state index is 11.4. The largest absolute Gasteiger partial charge is 0.461 e. The van der Waals surface area contributed by atoms with Crippen LogP contribution in [0, 0.1) is 0 Å². The zero-order valence-electron chi connectivity index (χ0n) is 7.26. The first-order chi connectivity index (χ1) is 6.75. The summed E-state index contributed by atoms with van der Waals surface area (Å²) >= 11 is 2.62. The first-order valence-electron chi connectivity index (χ1n) is 4.19. The Labute approximate surface area is 89.6 Å². The molecular formula is C9H8O3S2. The summed E-state index contributed by atoms with van der Waals surface area (Å²) in [5.74, 6) is 0.418. The van der Waals surface area contributed by atoms with E-state index in [4.69, 9.17) is 4.42 Å². The van der Waals surface area contributed by atoms with Crippen LogP contribution >= 0.6 is 23.5 Å². The lowest BCUT2D eigenvalue weighted by Crippen LogP contribution is -2.13. The lowest BCUT2D eigenvalue weighted by Gasteiger charge is -2.20.